The Kier molecular flexibility index (Phi) is 15.0. The quantitative estimate of drug-likeness (QED) is 0.148. The van der Waals surface area contributed by atoms with Crippen LogP contribution in [0.1, 0.15) is 94.1 Å². The molecule has 3 heterocycles. The molecule has 12 atom stereocenters. The zero-order valence-electron chi connectivity index (χ0n) is 37.3. The molecule has 0 bridgehead atoms. The number of benzene rings is 3. The summed E-state index contributed by atoms with van der Waals surface area (Å²) in [6, 6.07) is 12.6. The van der Waals surface area contributed by atoms with Gasteiger partial charge in [-0.05, 0) is 79.2 Å². The van der Waals surface area contributed by atoms with Gasteiger partial charge in [0, 0.05) is 21.1 Å². The lowest BCUT2D eigenvalue weighted by Crippen LogP contribution is -2.48. The number of nitrogens with one attached hydrogen (secondary N) is 1. The number of amides is 2. The van der Waals surface area contributed by atoms with Crippen molar-refractivity contribution in [1.29, 1.82) is 0 Å². The van der Waals surface area contributed by atoms with Gasteiger partial charge in [0.15, 0.2) is 0 Å². The van der Waals surface area contributed by atoms with Gasteiger partial charge in [-0.2, -0.15) is 0 Å². The minimum Gasteiger partial charge on any atom is -0.468 e. The van der Waals surface area contributed by atoms with Gasteiger partial charge in [0.05, 0.1) is 51.2 Å². The number of methoxy groups -OCH3 is 3. The van der Waals surface area contributed by atoms with Gasteiger partial charge in [-0.25, -0.2) is 14.0 Å². The van der Waals surface area contributed by atoms with Crippen molar-refractivity contribution in [2.45, 2.75) is 102 Å². The highest BCUT2D eigenvalue weighted by atomic mass is 79.9. The van der Waals surface area contributed by atoms with Crippen molar-refractivity contribution in [2.75, 3.05) is 21.3 Å². The molecular formula is C49H56BrClFN3O10. The molecule has 3 aliphatic heterocycles. The molecule has 3 saturated heterocycles. The van der Waals surface area contributed by atoms with Crippen LogP contribution in [-0.4, -0.2) is 91.1 Å². The maximum atomic E-state index is 16.3. The number of esters is 4. The predicted octanol–water partition coefficient (Wildman–Crippen LogP) is 7.70. The summed E-state index contributed by atoms with van der Waals surface area (Å²) in [5.41, 5.74) is 0.969. The Morgan fingerprint density at radius 2 is 1.22 bits per heavy atom. The highest BCUT2D eigenvalue weighted by Gasteiger charge is 2.60. The highest BCUT2D eigenvalue weighted by molar-refractivity contribution is 9.10. The van der Waals surface area contributed by atoms with Crippen LogP contribution in [0.3, 0.4) is 0 Å². The molecule has 0 unspecified atom stereocenters. The number of halogens is 3. The number of nitrogens with zero attached hydrogens (tertiary/aromatic N) is 2. The van der Waals surface area contributed by atoms with Gasteiger partial charge in [0.1, 0.15) is 30.0 Å². The van der Waals surface area contributed by atoms with Crippen molar-refractivity contribution in [3.8, 4) is 0 Å². The van der Waals surface area contributed by atoms with Gasteiger partial charge in [-0.1, -0.05) is 109 Å². The van der Waals surface area contributed by atoms with Gasteiger partial charge in [-0.3, -0.25) is 24.5 Å². The van der Waals surface area contributed by atoms with Crippen molar-refractivity contribution in [1.82, 2.24) is 15.1 Å². The van der Waals surface area contributed by atoms with Crippen LogP contribution in [0.2, 0.25) is 5.02 Å². The third-order valence-corrected chi connectivity index (χ3v) is 15.1. The van der Waals surface area contributed by atoms with E-state index in [9.17, 15) is 19.2 Å². The van der Waals surface area contributed by atoms with Crippen molar-refractivity contribution in [2.24, 2.45) is 35.5 Å². The van der Waals surface area contributed by atoms with Gasteiger partial charge in [0.25, 0.3) is 0 Å². The minimum atomic E-state index is -1.39. The number of ether oxygens (including phenoxy) is 4. The van der Waals surface area contributed by atoms with Crippen molar-refractivity contribution in [3.05, 3.63) is 105 Å². The zero-order chi connectivity index (χ0) is 46.9. The van der Waals surface area contributed by atoms with Crippen LogP contribution in [0.5, 0.6) is 0 Å². The number of hydrogen-bond acceptors (Lipinski definition) is 11. The fourth-order valence-electron chi connectivity index (χ4n) is 10.9. The molecule has 7 rings (SSSR count). The first-order valence-electron chi connectivity index (χ1n) is 22.2. The van der Waals surface area contributed by atoms with E-state index in [0.29, 0.717) is 27.9 Å². The lowest BCUT2D eigenvalue weighted by molar-refractivity contribution is -0.162. The predicted molar refractivity (Wildman–Crippen MR) is 240 cm³/mol. The van der Waals surface area contributed by atoms with E-state index in [4.69, 9.17) is 30.5 Å². The van der Waals surface area contributed by atoms with Gasteiger partial charge in [-0.15, -0.1) is 0 Å². The molecule has 0 aromatic heterocycles. The summed E-state index contributed by atoms with van der Waals surface area (Å²) in [5, 5.41) is 3.44. The fraction of sp³-hybridized carbons (Fsp3) is 0.510. The van der Waals surface area contributed by atoms with Crippen molar-refractivity contribution in [3.63, 3.8) is 0 Å². The average Bonchev–Trinajstić information content (AvgIpc) is 4.03. The molecule has 0 spiro atoms. The second-order valence-electron chi connectivity index (χ2n) is 18.1. The van der Waals surface area contributed by atoms with Gasteiger partial charge in [0.2, 0.25) is 11.8 Å². The van der Waals surface area contributed by atoms with Crippen molar-refractivity contribution < 1.29 is 52.1 Å². The highest BCUT2D eigenvalue weighted by Crippen LogP contribution is 2.52. The number of rotatable bonds is 11. The molecule has 1 aliphatic carbocycles. The standard InChI is InChI=1S/C49H56BrClFN3O10/c1-25(2)27-20-19-26(3)21-40(27)65-46(58)33-24-39(49(61)64-6)55(43(33)30-15-9-12-18-36(30)52)45(57)32-23-38(48(60)63-5)54(42(32)29-14-8-11-17-35(29)51)44(56)31-22-37(47(59)62-4)53-41(31)28-13-7-10-16-34(28)50/h7-18,25-27,31-33,37-43,53H,19-24H2,1-6H3/t26-,27+,31+,32-,33+,37+,38-,39+,40-,41+,42-,43+/m1/s1. The Morgan fingerprint density at radius 1 is 0.677 bits per heavy atom. The molecule has 3 aromatic carbocycles. The maximum absolute atomic E-state index is 16.3. The molecule has 2 amide bonds. The minimum absolute atomic E-state index is 0.0153. The molecule has 1 saturated carbocycles. The Labute approximate surface area is 392 Å². The molecule has 3 aromatic rings. The first-order valence-corrected chi connectivity index (χ1v) is 23.4. The first kappa shape index (κ1) is 48.1. The van der Waals surface area contributed by atoms with Crippen LogP contribution >= 0.6 is 27.5 Å². The second kappa shape index (κ2) is 20.3. The van der Waals surface area contributed by atoms with Crippen LogP contribution in [-0.2, 0) is 47.7 Å². The zero-order valence-corrected chi connectivity index (χ0v) is 39.6. The summed E-state index contributed by atoms with van der Waals surface area (Å²) in [4.78, 5) is 89.7. The fourth-order valence-corrected chi connectivity index (χ4v) is 11.7. The second-order valence-corrected chi connectivity index (χ2v) is 19.3. The number of likely N-dealkylation sites (tertiary alicyclic amines) is 2. The molecular weight excluding hydrogens is 925 g/mol. The average molecular weight is 981 g/mol. The van der Waals surface area contributed by atoms with E-state index >= 15 is 14.0 Å². The van der Waals surface area contributed by atoms with E-state index in [1.165, 1.54) is 49.3 Å². The van der Waals surface area contributed by atoms with E-state index in [1.807, 2.05) is 12.1 Å². The normalized spacial score (nSPS) is 29.9. The number of hydrogen-bond donors (Lipinski definition) is 1. The lowest BCUT2D eigenvalue weighted by Gasteiger charge is -2.38. The number of carbonyl (C=O) groups excluding carboxylic acids is 6. The topological polar surface area (TPSA) is 158 Å². The first-order chi connectivity index (χ1) is 31.1. The van der Waals surface area contributed by atoms with Gasteiger partial charge >= 0.3 is 23.9 Å². The third-order valence-electron chi connectivity index (χ3n) is 14.1. The number of carbonyl (C=O) groups is 6. The van der Waals surface area contributed by atoms with E-state index in [0.717, 1.165) is 12.8 Å². The third kappa shape index (κ3) is 9.42. The Hall–Kier alpha value is -4.86. The summed E-state index contributed by atoms with van der Waals surface area (Å²) in [7, 11) is 3.59. The van der Waals surface area contributed by atoms with Gasteiger partial charge < -0.3 is 28.7 Å². The van der Waals surface area contributed by atoms with Crippen LogP contribution < -0.4 is 5.32 Å². The largest absolute Gasteiger partial charge is 0.468 e. The molecule has 1 N–H and O–H groups in total. The summed E-state index contributed by atoms with van der Waals surface area (Å²) < 4.78 is 39.0. The molecule has 4 fully saturated rings. The van der Waals surface area contributed by atoms with E-state index < -0.39 is 102 Å². The smallest absolute Gasteiger partial charge is 0.328 e. The molecule has 348 valence electrons. The maximum Gasteiger partial charge on any atom is 0.328 e. The molecule has 0 radical (unpaired) electrons. The van der Waals surface area contributed by atoms with Crippen LogP contribution in [0.25, 0.3) is 0 Å². The van der Waals surface area contributed by atoms with Crippen LogP contribution in [0.15, 0.2) is 77.3 Å². The monoisotopic (exact) mass is 979 g/mol. The molecule has 16 heteroatoms. The Morgan fingerprint density at radius 3 is 1.80 bits per heavy atom. The van der Waals surface area contributed by atoms with E-state index in [2.05, 4.69) is 42.0 Å². The Balaban J connectivity index is 1.35. The van der Waals surface area contributed by atoms with Crippen molar-refractivity contribution >= 4 is 63.2 Å². The SMILES string of the molecule is COC(=O)[C@@H]1C[C@H](C(=O)N2[C@@H](C(=O)OC)C[C@@H](C(=O)N3[C@H](C(=O)OC)C[C@H](C(=O)O[C@@H]4C[C@H](C)CC[C@H]4C(C)C)[C@@H]3c3ccccc3F)[C@H]2c2ccccc2Cl)[C@H](c2ccccc2Br)N1. The Bertz CT molecular complexity index is 2300. The molecule has 4 aliphatic rings. The van der Waals surface area contributed by atoms with E-state index in [-0.39, 0.29) is 41.7 Å². The molecule has 65 heavy (non-hydrogen) atoms. The summed E-state index contributed by atoms with van der Waals surface area (Å²) in [5.74, 6) is -7.88. The summed E-state index contributed by atoms with van der Waals surface area (Å²) >= 11 is 10.6. The van der Waals surface area contributed by atoms with Crippen LogP contribution in [0.4, 0.5) is 4.39 Å². The molecule has 13 nitrogen and oxygen atoms in total. The summed E-state index contributed by atoms with van der Waals surface area (Å²) in [6.07, 6.45) is 1.48. The van der Waals surface area contributed by atoms with E-state index in [1.54, 1.807) is 42.5 Å². The lowest BCUT2D eigenvalue weighted by atomic mass is 9.75. The van der Waals surface area contributed by atoms with Crippen LogP contribution in [0, 0.1) is 41.3 Å². The summed E-state index contributed by atoms with van der Waals surface area (Å²) in [6.45, 7) is 6.28.